The Morgan fingerprint density at radius 3 is 2.60 bits per heavy atom. The molecule has 0 saturated carbocycles. The van der Waals surface area contributed by atoms with Crippen LogP contribution in [0, 0.1) is 5.92 Å². The number of hydrogen-bond donors (Lipinski definition) is 1. The minimum absolute atomic E-state index is 0.0794. The third-order valence-electron chi connectivity index (χ3n) is 4.56. The van der Waals surface area contributed by atoms with E-state index in [0.29, 0.717) is 23.0 Å². The Balaban J connectivity index is 1.44. The SMILES string of the molecule is O=S(=O)(Cc1ccccc1Cl)NCC1CCN(Cc2ccco2)CC1. The molecule has 1 saturated heterocycles. The molecule has 1 N–H and O–H groups in total. The molecule has 25 heavy (non-hydrogen) atoms. The molecular weight excluding hydrogens is 360 g/mol. The van der Waals surface area contributed by atoms with Gasteiger partial charge >= 0.3 is 0 Å². The van der Waals surface area contributed by atoms with E-state index in [4.69, 9.17) is 16.0 Å². The second-order valence-electron chi connectivity index (χ2n) is 6.50. The van der Waals surface area contributed by atoms with Crippen molar-refractivity contribution in [3.05, 3.63) is 59.0 Å². The predicted molar refractivity (Wildman–Crippen MR) is 98.8 cm³/mol. The molecule has 0 unspecified atom stereocenters. The number of piperidine rings is 1. The lowest BCUT2D eigenvalue weighted by atomic mass is 9.97. The molecule has 1 aliphatic heterocycles. The van der Waals surface area contributed by atoms with Crippen molar-refractivity contribution in [2.45, 2.75) is 25.1 Å². The summed E-state index contributed by atoms with van der Waals surface area (Å²) in [5, 5.41) is 0.485. The van der Waals surface area contributed by atoms with Crippen LogP contribution in [0.25, 0.3) is 0 Å². The number of rotatable bonds is 7. The van der Waals surface area contributed by atoms with E-state index in [2.05, 4.69) is 9.62 Å². The zero-order valence-electron chi connectivity index (χ0n) is 14.0. The van der Waals surface area contributed by atoms with E-state index < -0.39 is 10.0 Å². The molecule has 0 bridgehead atoms. The average molecular weight is 383 g/mol. The smallest absolute Gasteiger partial charge is 0.215 e. The highest BCUT2D eigenvalue weighted by atomic mass is 35.5. The van der Waals surface area contributed by atoms with Gasteiger partial charge in [0.05, 0.1) is 18.6 Å². The van der Waals surface area contributed by atoms with E-state index in [1.165, 1.54) is 0 Å². The Kier molecular flexibility index (Phi) is 6.17. The first-order valence-corrected chi connectivity index (χ1v) is 10.5. The van der Waals surface area contributed by atoms with Gasteiger partial charge in [0.25, 0.3) is 0 Å². The summed E-state index contributed by atoms with van der Waals surface area (Å²) in [7, 11) is -3.37. The van der Waals surface area contributed by atoms with E-state index in [1.54, 1.807) is 30.5 Å². The summed E-state index contributed by atoms with van der Waals surface area (Å²) in [6.07, 6.45) is 3.65. The first kappa shape index (κ1) is 18.5. The fraction of sp³-hybridized carbons (Fsp3) is 0.444. The van der Waals surface area contributed by atoms with Gasteiger partial charge in [-0.25, -0.2) is 13.1 Å². The first-order chi connectivity index (χ1) is 12.0. The lowest BCUT2D eigenvalue weighted by Gasteiger charge is -2.31. The zero-order valence-corrected chi connectivity index (χ0v) is 15.6. The van der Waals surface area contributed by atoms with Gasteiger partial charge in [-0.3, -0.25) is 4.90 Å². The highest BCUT2D eigenvalue weighted by molar-refractivity contribution is 7.88. The molecule has 1 aromatic carbocycles. The number of sulfonamides is 1. The van der Waals surface area contributed by atoms with Gasteiger partial charge in [-0.05, 0) is 55.6 Å². The lowest BCUT2D eigenvalue weighted by Crippen LogP contribution is -2.38. The van der Waals surface area contributed by atoms with Crippen LogP contribution >= 0.6 is 11.6 Å². The van der Waals surface area contributed by atoms with Crippen LogP contribution in [0.2, 0.25) is 5.02 Å². The van der Waals surface area contributed by atoms with Gasteiger partial charge in [0.2, 0.25) is 10.0 Å². The molecule has 0 aliphatic carbocycles. The number of hydrogen-bond acceptors (Lipinski definition) is 4. The molecule has 136 valence electrons. The third-order valence-corrected chi connectivity index (χ3v) is 6.23. The summed E-state index contributed by atoms with van der Waals surface area (Å²) in [5.74, 6) is 1.26. The molecule has 0 radical (unpaired) electrons. The molecule has 1 aliphatic rings. The molecule has 2 heterocycles. The molecule has 0 atom stereocenters. The number of nitrogens with zero attached hydrogens (tertiary/aromatic N) is 1. The highest BCUT2D eigenvalue weighted by Gasteiger charge is 2.22. The largest absolute Gasteiger partial charge is 0.468 e. The standard InChI is InChI=1S/C18H23ClN2O3S/c19-18-6-2-1-4-16(18)14-25(22,23)20-12-15-7-9-21(10-8-15)13-17-5-3-11-24-17/h1-6,11,15,20H,7-10,12-14H2. The maximum atomic E-state index is 12.3. The van der Waals surface area contributed by atoms with Gasteiger partial charge < -0.3 is 4.42 Å². The first-order valence-electron chi connectivity index (χ1n) is 8.47. The number of nitrogens with one attached hydrogen (secondary N) is 1. The van der Waals surface area contributed by atoms with Gasteiger partial charge in [0.1, 0.15) is 5.76 Å². The average Bonchev–Trinajstić information content (AvgIpc) is 3.09. The minimum Gasteiger partial charge on any atom is -0.468 e. The summed E-state index contributed by atoms with van der Waals surface area (Å²) in [6.45, 7) is 3.22. The summed E-state index contributed by atoms with van der Waals surface area (Å²) in [4.78, 5) is 2.34. The Morgan fingerprint density at radius 2 is 1.92 bits per heavy atom. The van der Waals surface area contributed by atoms with Crippen molar-refractivity contribution in [3.63, 3.8) is 0 Å². The van der Waals surface area contributed by atoms with Crippen molar-refractivity contribution in [1.29, 1.82) is 0 Å². The maximum Gasteiger partial charge on any atom is 0.215 e. The zero-order chi connectivity index (χ0) is 17.7. The minimum atomic E-state index is -3.37. The van der Waals surface area contributed by atoms with Crippen LogP contribution in [-0.2, 0) is 22.3 Å². The summed E-state index contributed by atoms with van der Waals surface area (Å²) >= 11 is 6.05. The maximum absolute atomic E-state index is 12.3. The molecular formula is C18H23ClN2O3S. The van der Waals surface area contributed by atoms with E-state index in [9.17, 15) is 8.42 Å². The fourth-order valence-electron chi connectivity index (χ4n) is 3.09. The van der Waals surface area contributed by atoms with Crippen molar-refractivity contribution < 1.29 is 12.8 Å². The van der Waals surface area contributed by atoms with Crippen molar-refractivity contribution in [2.75, 3.05) is 19.6 Å². The van der Waals surface area contributed by atoms with Crippen LogP contribution < -0.4 is 4.72 Å². The Labute approximate surface area is 154 Å². The second-order valence-corrected chi connectivity index (χ2v) is 8.71. The van der Waals surface area contributed by atoms with Gasteiger partial charge in [-0.2, -0.15) is 0 Å². The van der Waals surface area contributed by atoms with E-state index in [0.717, 1.165) is 38.2 Å². The van der Waals surface area contributed by atoms with Crippen molar-refractivity contribution in [1.82, 2.24) is 9.62 Å². The van der Waals surface area contributed by atoms with Crippen LogP contribution in [-0.4, -0.2) is 33.0 Å². The van der Waals surface area contributed by atoms with E-state index in [-0.39, 0.29) is 5.75 Å². The van der Waals surface area contributed by atoms with Crippen molar-refractivity contribution in [2.24, 2.45) is 5.92 Å². The second kappa shape index (κ2) is 8.36. The molecule has 1 aromatic heterocycles. The monoisotopic (exact) mass is 382 g/mol. The van der Waals surface area contributed by atoms with Gasteiger partial charge in [0.15, 0.2) is 0 Å². The number of furan rings is 1. The van der Waals surface area contributed by atoms with Crippen LogP contribution in [0.4, 0.5) is 0 Å². The molecule has 3 rings (SSSR count). The Hall–Kier alpha value is -1.34. The summed E-state index contributed by atoms with van der Waals surface area (Å²) in [6, 6.07) is 10.9. The van der Waals surface area contributed by atoms with Crippen LogP contribution in [0.3, 0.4) is 0 Å². The topological polar surface area (TPSA) is 62.6 Å². The highest BCUT2D eigenvalue weighted by Crippen LogP contribution is 2.20. The number of likely N-dealkylation sites (tertiary alicyclic amines) is 1. The fourth-order valence-corrected chi connectivity index (χ4v) is 4.62. The van der Waals surface area contributed by atoms with E-state index in [1.807, 2.05) is 12.1 Å². The molecule has 1 fully saturated rings. The summed E-state index contributed by atoms with van der Waals surface area (Å²) in [5.41, 5.74) is 0.630. The molecule has 2 aromatic rings. The van der Waals surface area contributed by atoms with Gasteiger partial charge in [0, 0.05) is 11.6 Å². The summed E-state index contributed by atoms with van der Waals surface area (Å²) < 4.78 is 32.7. The predicted octanol–water partition coefficient (Wildman–Crippen LogP) is 3.26. The van der Waals surface area contributed by atoms with Crippen molar-refractivity contribution >= 4 is 21.6 Å². The van der Waals surface area contributed by atoms with Crippen LogP contribution in [0.1, 0.15) is 24.2 Å². The third kappa shape index (κ3) is 5.57. The number of benzene rings is 1. The van der Waals surface area contributed by atoms with Crippen molar-refractivity contribution in [3.8, 4) is 0 Å². The van der Waals surface area contributed by atoms with Crippen LogP contribution in [0.5, 0.6) is 0 Å². The molecule has 5 nitrogen and oxygen atoms in total. The normalized spacial score (nSPS) is 17.0. The lowest BCUT2D eigenvalue weighted by molar-refractivity contribution is 0.168. The number of halogens is 1. The Bertz CT molecular complexity index is 769. The molecule has 7 heteroatoms. The molecule has 0 amide bonds. The van der Waals surface area contributed by atoms with Gasteiger partial charge in [-0.1, -0.05) is 29.8 Å². The quantitative estimate of drug-likeness (QED) is 0.798. The molecule has 0 spiro atoms. The van der Waals surface area contributed by atoms with Gasteiger partial charge in [-0.15, -0.1) is 0 Å². The van der Waals surface area contributed by atoms with Crippen LogP contribution in [0.15, 0.2) is 47.1 Å². The van der Waals surface area contributed by atoms with E-state index >= 15 is 0 Å². The Morgan fingerprint density at radius 1 is 1.16 bits per heavy atom.